The lowest BCUT2D eigenvalue weighted by molar-refractivity contribution is -0.115. The molecule has 3 aromatic rings. The van der Waals surface area contributed by atoms with Crippen LogP contribution >= 0.6 is 11.3 Å². The van der Waals surface area contributed by atoms with Crippen LogP contribution in [0.2, 0.25) is 0 Å². The molecule has 150 valence electrons. The molecule has 5 nitrogen and oxygen atoms in total. The Labute approximate surface area is 174 Å². The van der Waals surface area contributed by atoms with Gasteiger partial charge in [0, 0.05) is 16.6 Å². The van der Waals surface area contributed by atoms with Gasteiger partial charge in [-0.25, -0.2) is 0 Å². The summed E-state index contributed by atoms with van der Waals surface area (Å²) in [6, 6.07) is 18.1. The topological polar surface area (TPSA) is 59.6 Å². The molecule has 4 rings (SSSR count). The molecule has 0 spiro atoms. The van der Waals surface area contributed by atoms with Crippen LogP contribution in [0.5, 0.6) is 11.5 Å². The molecular weight excluding hydrogens is 384 g/mol. The molecule has 0 fully saturated rings. The fraction of sp³-hybridized carbons (Fsp3) is 0.261. The van der Waals surface area contributed by atoms with Gasteiger partial charge in [0.25, 0.3) is 0 Å². The Morgan fingerprint density at radius 3 is 2.59 bits per heavy atom. The maximum atomic E-state index is 12.5. The van der Waals surface area contributed by atoms with Crippen molar-refractivity contribution in [2.24, 2.45) is 0 Å². The van der Waals surface area contributed by atoms with Crippen molar-refractivity contribution in [3.05, 3.63) is 76.0 Å². The van der Waals surface area contributed by atoms with Crippen LogP contribution in [0, 0.1) is 0 Å². The average Bonchev–Trinajstić information content (AvgIpc) is 3.29. The molecule has 0 aliphatic carbocycles. The van der Waals surface area contributed by atoms with Crippen LogP contribution in [0.3, 0.4) is 0 Å². The van der Waals surface area contributed by atoms with E-state index in [4.69, 9.17) is 9.47 Å². The summed E-state index contributed by atoms with van der Waals surface area (Å²) >= 11 is 1.68. The van der Waals surface area contributed by atoms with Crippen molar-refractivity contribution in [3.63, 3.8) is 0 Å². The Balaban J connectivity index is 1.42. The summed E-state index contributed by atoms with van der Waals surface area (Å²) in [7, 11) is 0. The highest BCUT2D eigenvalue weighted by atomic mass is 32.1. The monoisotopic (exact) mass is 408 g/mol. The molecule has 29 heavy (non-hydrogen) atoms. The SMILES string of the molecule is CCc1ccc([C@@H](NCC(=O)Nc2ccc3c(c2)OCCO3)c2cccs2)cc1. The average molecular weight is 409 g/mol. The number of hydrogen-bond donors (Lipinski definition) is 2. The molecule has 0 saturated heterocycles. The Hall–Kier alpha value is -2.83. The van der Waals surface area contributed by atoms with Gasteiger partial charge < -0.3 is 14.8 Å². The predicted molar refractivity (Wildman–Crippen MR) is 116 cm³/mol. The van der Waals surface area contributed by atoms with E-state index < -0.39 is 0 Å². The van der Waals surface area contributed by atoms with Gasteiger partial charge in [0.15, 0.2) is 11.5 Å². The molecule has 0 radical (unpaired) electrons. The first-order valence-electron chi connectivity index (χ1n) is 9.78. The molecule has 2 heterocycles. The zero-order valence-corrected chi connectivity index (χ0v) is 17.1. The summed E-state index contributed by atoms with van der Waals surface area (Å²) in [5.41, 5.74) is 3.15. The van der Waals surface area contributed by atoms with Gasteiger partial charge in [0.2, 0.25) is 5.91 Å². The minimum absolute atomic E-state index is 0.0214. The minimum Gasteiger partial charge on any atom is -0.486 e. The highest BCUT2D eigenvalue weighted by Gasteiger charge is 2.17. The third-order valence-corrected chi connectivity index (χ3v) is 5.78. The fourth-order valence-electron chi connectivity index (χ4n) is 3.31. The van der Waals surface area contributed by atoms with Gasteiger partial charge in [0.1, 0.15) is 13.2 Å². The third kappa shape index (κ3) is 4.78. The van der Waals surface area contributed by atoms with Gasteiger partial charge in [-0.2, -0.15) is 0 Å². The van der Waals surface area contributed by atoms with E-state index in [1.54, 1.807) is 17.4 Å². The molecular formula is C23H24N2O3S. The van der Waals surface area contributed by atoms with Crippen molar-refractivity contribution in [2.45, 2.75) is 19.4 Å². The number of aryl methyl sites for hydroxylation is 1. The van der Waals surface area contributed by atoms with Gasteiger partial charge in [-0.15, -0.1) is 11.3 Å². The van der Waals surface area contributed by atoms with Crippen molar-refractivity contribution in [2.75, 3.05) is 25.1 Å². The largest absolute Gasteiger partial charge is 0.486 e. The summed E-state index contributed by atoms with van der Waals surface area (Å²) in [5.74, 6) is 1.27. The lowest BCUT2D eigenvalue weighted by Crippen LogP contribution is -2.31. The highest BCUT2D eigenvalue weighted by Crippen LogP contribution is 2.32. The quantitative estimate of drug-likeness (QED) is 0.608. The van der Waals surface area contributed by atoms with Crippen molar-refractivity contribution in [1.29, 1.82) is 0 Å². The van der Waals surface area contributed by atoms with Crippen molar-refractivity contribution in [3.8, 4) is 11.5 Å². The van der Waals surface area contributed by atoms with Gasteiger partial charge in [0.05, 0.1) is 12.6 Å². The number of ether oxygens (including phenoxy) is 2. The second kappa shape index (κ2) is 9.11. The van der Waals surface area contributed by atoms with Crippen molar-refractivity contribution < 1.29 is 14.3 Å². The van der Waals surface area contributed by atoms with Crippen LogP contribution in [-0.4, -0.2) is 25.7 Å². The third-order valence-electron chi connectivity index (χ3n) is 4.84. The molecule has 1 aliphatic heterocycles. The summed E-state index contributed by atoms with van der Waals surface area (Å²) in [5, 5.41) is 8.38. The Morgan fingerprint density at radius 1 is 1.07 bits per heavy atom. The van der Waals surface area contributed by atoms with Gasteiger partial charge >= 0.3 is 0 Å². The minimum atomic E-state index is -0.103. The van der Waals surface area contributed by atoms with E-state index in [0.29, 0.717) is 30.4 Å². The van der Waals surface area contributed by atoms with Gasteiger partial charge in [-0.05, 0) is 41.1 Å². The number of anilines is 1. The Morgan fingerprint density at radius 2 is 1.86 bits per heavy atom. The first kappa shape index (κ1) is 19.5. The number of thiophene rings is 1. The lowest BCUT2D eigenvalue weighted by Gasteiger charge is -2.20. The number of carbonyl (C=O) groups excluding carboxylic acids is 1. The van der Waals surface area contributed by atoms with Crippen LogP contribution in [0.25, 0.3) is 0 Å². The summed E-state index contributed by atoms with van der Waals surface area (Å²) in [6.07, 6.45) is 1.01. The van der Waals surface area contributed by atoms with Gasteiger partial charge in [-0.1, -0.05) is 37.3 Å². The number of nitrogens with one attached hydrogen (secondary N) is 2. The van der Waals surface area contributed by atoms with E-state index >= 15 is 0 Å². The molecule has 0 bridgehead atoms. The number of rotatable bonds is 7. The fourth-order valence-corrected chi connectivity index (χ4v) is 4.13. The molecule has 1 amide bonds. The van der Waals surface area contributed by atoms with Crippen LogP contribution in [0.1, 0.15) is 29.0 Å². The van der Waals surface area contributed by atoms with Crippen molar-refractivity contribution >= 4 is 22.9 Å². The van der Waals surface area contributed by atoms with Crippen LogP contribution in [0.15, 0.2) is 60.0 Å². The molecule has 2 aromatic carbocycles. The number of carbonyl (C=O) groups is 1. The van der Waals surface area contributed by atoms with E-state index in [2.05, 4.69) is 53.3 Å². The molecule has 1 atom stereocenters. The zero-order valence-electron chi connectivity index (χ0n) is 16.3. The highest BCUT2D eigenvalue weighted by molar-refractivity contribution is 7.10. The maximum absolute atomic E-state index is 12.5. The number of benzene rings is 2. The first-order valence-corrected chi connectivity index (χ1v) is 10.7. The summed E-state index contributed by atoms with van der Waals surface area (Å²) in [4.78, 5) is 13.7. The van der Waals surface area contributed by atoms with Crippen LogP contribution in [0.4, 0.5) is 5.69 Å². The second-order valence-corrected chi connectivity index (χ2v) is 7.81. The molecule has 0 saturated carbocycles. The molecule has 1 aromatic heterocycles. The van der Waals surface area contributed by atoms with E-state index in [-0.39, 0.29) is 18.5 Å². The normalized spacial score (nSPS) is 13.7. The lowest BCUT2D eigenvalue weighted by atomic mass is 10.0. The number of fused-ring (bicyclic) bond motifs is 1. The van der Waals surface area contributed by atoms with Crippen LogP contribution < -0.4 is 20.1 Å². The van der Waals surface area contributed by atoms with E-state index in [1.807, 2.05) is 18.2 Å². The Bertz CT molecular complexity index is 955. The Kier molecular flexibility index (Phi) is 6.12. The standard InChI is InChI=1S/C23H24N2O3S/c1-2-16-5-7-17(8-6-16)23(21-4-3-13-29-21)24-15-22(26)25-18-9-10-19-20(14-18)28-12-11-27-19/h3-10,13-14,23-24H,2,11-12,15H2,1H3,(H,25,26)/t23-/m1/s1. The smallest absolute Gasteiger partial charge is 0.238 e. The van der Waals surface area contributed by atoms with E-state index in [0.717, 1.165) is 12.0 Å². The zero-order chi connectivity index (χ0) is 20.1. The number of amides is 1. The predicted octanol–water partition coefficient (Wildman–Crippen LogP) is 4.40. The molecule has 6 heteroatoms. The molecule has 1 aliphatic rings. The van der Waals surface area contributed by atoms with Crippen molar-refractivity contribution in [1.82, 2.24) is 5.32 Å². The maximum Gasteiger partial charge on any atom is 0.238 e. The second-order valence-electron chi connectivity index (χ2n) is 6.83. The summed E-state index contributed by atoms with van der Waals surface area (Å²) in [6.45, 7) is 3.41. The van der Waals surface area contributed by atoms with Gasteiger partial charge in [-0.3, -0.25) is 10.1 Å². The molecule has 2 N–H and O–H groups in total. The number of hydrogen-bond acceptors (Lipinski definition) is 5. The van der Waals surface area contributed by atoms with E-state index in [1.165, 1.54) is 10.4 Å². The van der Waals surface area contributed by atoms with E-state index in [9.17, 15) is 4.79 Å². The summed E-state index contributed by atoms with van der Waals surface area (Å²) < 4.78 is 11.1. The van der Waals surface area contributed by atoms with Crippen LogP contribution in [-0.2, 0) is 11.2 Å². The first-order chi connectivity index (χ1) is 14.2. The molecule has 0 unspecified atom stereocenters.